The fraction of sp³-hybridized carbons (Fsp3) is 0.909. The standard InChI is InChI=1S/C11H23NO/c1-4-6-10(11(12)13)8-7-9(3)5-2/h9-10H,4-8H2,1-3H3,(H2,12,13). The Morgan fingerprint density at radius 2 is 1.85 bits per heavy atom. The van der Waals surface area contributed by atoms with Crippen LogP contribution in [0.1, 0.15) is 52.9 Å². The molecule has 2 heteroatoms. The quantitative estimate of drug-likeness (QED) is 0.651. The van der Waals surface area contributed by atoms with Crippen LogP contribution in [0.25, 0.3) is 0 Å². The predicted octanol–water partition coefficient (Wildman–Crippen LogP) is 2.71. The maximum absolute atomic E-state index is 11.0. The molecule has 0 radical (unpaired) electrons. The van der Waals surface area contributed by atoms with Gasteiger partial charge in [0.2, 0.25) is 5.91 Å². The van der Waals surface area contributed by atoms with Crippen molar-refractivity contribution in [1.82, 2.24) is 0 Å². The van der Waals surface area contributed by atoms with Gasteiger partial charge in [0.15, 0.2) is 0 Å². The van der Waals surface area contributed by atoms with Gasteiger partial charge in [0, 0.05) is 5.92 Å². The number of primary amides is 1. The van der Waals surface area contributed by atoms with Crippen molar-refractivity contribution in [3.8, 4) is 0 Å². The summed E-state index contributed by atoms with van der Waals surface area (Å²) in [7, 11) is 0. The number of amides is 1. The lowest BCUT2D eigenvalue weighted by molar-refractivity contribution is -0.122. The molecule has 2 N–H and O–H groups in total. The zero-order valence-electron chi connectivity index (χ0n) is 9.18. The zero-order chi connectivity index (χ0) is 10.3. The Kier molecular flexibility index (Phi) is 6.65. The minimum absolute atomic E-state index is 0.110. The molecule has 0 saturated carbocycles. The molecule has 0 aromatic rings. The van der Waals surface area contributed by atoms with Gasteiger partial charge in [-0.3, -0.25) is 4.79 Å². The van der Waals surface area contributed by atoms with Crippen LogP contribution in [0.3, 0.4) is 0 Å². The largest absolute Gasteiger partial charge is 0.369 e. The van der Waals surface area contributed by atoms with E-state index in [1.165, 1.54) is 6.42 Å². The molecule has 1 amide bonds. The molecule has 0 aromatic heterocycles. The van der Waals surface area contributed by atoms with Crippen LogP contribution in [-0.4, -0.2) is 5.91 Å². The molecule has 2 atom stereocenters. The third-order valence-electron chi connectivity index (χ3n) is 2.74. The van der Waals surface area contributed by atoms with E-state index in [0.717, 1.165) is 31.6 Å². The highest BCUT2D eigenvalue weighted by Crippen LogP contribution is 2.18. The van der Waals surface area contributed by atoms with E-state index in [2.05, 4.69) is 20.8 Å². The second-order valence-electron chi connectivity index (χ2n) is 3.98. The highest BCUT2D eigenvalue weighted by atomic mass is 16.1. The topological polar surface area (TPSA) is 43.1 Å². The maximum atomic E-state index is 11.0. The molecule has 0 saturated heterocycles. The molecule has 0 spiro atoms. The van der Waals surface area contributed by atoms with E-state index < -0.39 is 0 Å². The van der Waals surface area contributed by atoms with Crippen LogP contribution in [0.2, 0.25) is 0 Å². The first-order valence-electron chi connectivity index (χ1n) is 5.41. The van der Waals surface area contributed by atoms with Crippen LogP contribution in [0.5, 0.6) is 0 Å². The Bertz CT molecular complexity index is 145. The van der Waals surface area contributed by atoms with Crippen molar-refractivity contribution in [1.29, 1.82) is 0 Å². The Morgan fingerprint density at radius 3 is 2.23 bits per heavy atom. The second kappa shape index (κ2) is 6.93. The third kappa shape index (κ3) is 5.67. The van der Waals surface area contributed by atoms with Crippen LogP contribution >= 0.6 is 0 Å². The van der Waals surface area contributed by atoms with Crippen molar-refractivity contribution < 1.29 is 4.79 Å². The first kappa shape index (κ1) is 12.5. The van der Waals surface area contributed by atoms with Crippen molar-refractivity contribution >= 4 is 5.91 Å². The van der Waals surface area contributed by atoms with Crippen molar-refractivity contribution in [2.75, 3.05) is 0 Å². The van der Waals surface area contributed by atoms with Gasteiger partial charge >= 0.3 is 0 Å². The van der Waals surface area contributed by atoms with Gasteiger partial charge in [-0.15, -0.1) is 0 Å². The van der Waals surface area contributed by atoms with Crippen molar-refractivity contribution in [2.45, 2.75) is 52.9 Å². The van der Waals surface area contributed by atoms with Gasteiger partial charge in [-0.2, -0.15) is 0 Å². The fourth-order valence-corrected chi connectivity index (χ4v) is 1.47. The van der Waals surface area contributed by atoms with Crippen LogP contribution in [0.15, 0.2) is 0 Å². The first-order valence-corrected chi connectivity index (χ1v) is 5.41. The highest BCUT2D eigenvalue weighted by Gasteiger charge is 2.14. The minimum atomic E-state index is -0.120. The zero-order valence-corrected chi connectivity index (χ0v) is 9.18. The lowest BCUT2D eigenvalue weighted by atomic mass is 9.92. The molecule has 0 aliphatic carbocycles. The lowest BCUT2D eigenvalue weighted by Gasteiger charge is -2.14. The van der Waals surface area contributed by atoms with Gasteiger partial charge < -0.3 is 5.73 Å². The van der Waals surface area contributed by atoms with Gasteiger partial charge in [-0.05, 0) is 25.2 Å². The monoisotopic (exact) mass is 185 g/mol. The highest BCUT2D eigenvalue weighted by molar-refractivity contribution is 5.76. The molecule has 13 heavy (non-hydrogen) atoms. The van der Waals surface area contributed by atoms with E-state index in [9.17, 15) is 4.79 Å². The third-order valence-corrected chi connectivity index (χ3v) is 2.74. The molecular formula is C11H23NO. The van der Waals surface area contributed by atoms with Crippen LogP contribution in [0, 0.1) is 11.8 Å². The molecule has 0 aliphatic heterocycles. The van der Waals surface area contributed by atoms with Crippen LogP contribution in [0.4, 0.5) is 0 Å². The maximum Gasteiger partial charge on any atom is 0.220 e. The molecule has 2 unspecified atom stereocenters. The summed E-state index contributed by atoms with van der Waals surface area (Å²) >= 11 is 0. The Hall–Kier alpha value is -0.530. The van der Waals surface area contributed by atoms with E-state index >= 15 is 0 Å². The first-order chi connectivity index (χ1) is 6.11. The van der Waals surface area contributed by atoms with Gasteiger partial charge in [0.25, 0.3) is 0 Å². The second-order valence-corrected chi connectivity index (χ2v) is 3.98. The van der Waals surface area contributed by atoms with Gasteiger partial charge in [-0.25, -0.2) is 0 Å². The summed E-state index contributed by atoms with van der Waals surface area (Å²) in [6.07, 6.45) is 5.29. The number of rotatable bonds is 7. The molecule has 0 aromatic carbocycles. The summed E-state index contributed by atoms with van der Waals surface area (Å²) in [5.74, 6) is 0.711. The number of carbonyl (C=O) groups excluding carboxylic acids is 1. The molecule has 0 rings (SSSR count). The average Bonchev–Trinajstić information content (AvgIpc) is 2.11. The predicted molar refractivity (Wildman–Crippen MR) is 56.3 cm³/mol. The minimum Gasteiger partial charge on any atom is -0.369 e. The summed E-state index contributed by atoms with van der Waals surface area (Å²) in [5, 5.41) is 0. The van der Waals surface area contributed by atoms with Crippen molar-refractivity contribution in [3.63, 3.8) is 0 Å². The Morgan fingerprint density at radius 1 is 1.23 bits per heavy atom. The summed E-state index contributed by atoms with van der Waals surface area (Å²) in [6, 6.07) is 0. The summed E-state index contributed by atoms with van der Waals surface area (Å²) < 4.78 is 0. The Balaban J connectivity index is 3.75. The van der Waals surface area contributed by atoms with E-state index in [-0.39, 0.29) is 11.8 Å². The van der Waals surface area contributed by atoms with E-state index in [1.807, 2.05) is 0 Å². The summed E-state index contributed by atoms with van der Waals surface area (Å²) in [4.78, 5) is 11.0. The lowest BCUT2D eigenvalue weighted by Crippen LogP contribution is -2.23. The average molecular weight is 185 g/mol. The number of carbonyl (C=O) groups is 1. The molecule has 0 heterocycles. The molecule has 0 aliphatic rings. The van der Waals surface area contributed by atoms with E-state index in [1.54, 1.807) is 0 Å². The molecular weight excluding hydrogens is 162 g/mol. The normalized spacial score (nSPS) is 15.3. The number of nitrogens with two attached hydrogens (primary N) is 1. The number of hydrogen-bond acceptors (Lipinski definition) is 1. The Labute approximate surface area is 81.9 Å². The number of hydrogen-bond donors (Lipinski definition) is 1. The SMILES string of the molecule is CCCC(CCC(C)CC)C(N)=O. The molecule has 0 bridgehead atoms. The van der Waals surface area contributed by atoms with Crippen LogP contribution in [-0.2, 0) is 4.79 Å². The van der Waals surface area contributed by atoms with E-state index in [4.69, 9.17) is 5.73 Å². The van der Waals surface area contributed by atoms with Gasteiger partial charge in [0.05, 0.1) is 0 Å². The molecule has 78 valence electrons. The summed E-state index contributed by atoms with van der Waals surface area (Å²) in [5.41, 5.74) is 5.31. The van der Waals surface area contributed by atoms with Crippen molar-refractivity contribution in [3.05, 3.63) is 0 Å². The van der Waals surface area contributed by atoms with E-state index in [0.29, 0.717) is 0 Å². The van der Waals surface area contributed by atoms with Crippen LogP contribution < -0.4 is 5.73 Å². The van der Waals surface area contributed by atoms with Gasteiger partial charge in [0.1, 0.15) is 0 Å². The molecule has 2 nitrogen and oxygen atoms in total. The fourth-order valence-electron chi connectivity index (χ4n) is 1.47. The summed E-state index contributed by atoms with van der Waals surface area (Å²) in [6.45, 7) is 6.51. The molecule has 0 fully saturated rings. The smallest absolute Gasteiger partial charge is 0.220 e. The van der Waals surface area contributed by atoms with Crippen molar-refractivity contribution in [2.24, 2.45) is 17.6 Å². The van der Waals surface area contributed by atoms with Gasteiger partial charge in [-0.1, -0.05) is 33.6 Å².